The third kappa shape index (κ3) is 1.47. The largest absolute Gasteiger partial charge is 0.454 e. The summed E-state index contributed by atoms with van der Waals surface area (Å²) in [6, 6.07) is 4.28. The molecule has 3 nitrogen and oxygen atoms in total. The molecule has 2 aliphatic heterocycles. The van der Waals surface area contributed by atoms with Gasteiger partial charge in [-0.2, -0.15) is 0 Å². The number of benzene rings is 1. The van der Waals surface area contributed by atoms with Crippen molar-refractivity contribution in [1.82, 2.24) is 5.32 Å². The molecule has 3 rings (SSSR count). The van der Waals surface area contributed by atoms with Crippen LogP contribution in [0.5, 0.6) is 11.5 Å². The van der Waals surface area contributed by atoms with Gasteiger partial charge in [-0.05, 0) is 31.5 Å². The van der Waals surface area contributed by atoms with E-state index in [1.807, 2.05) is 6.07 Å². The quantitative estimate of drug-likeness (QED) is 0.758. The maximum absolute atomic E-state index is 5.55. The van der Waals surface area contributed by atoms with Crippen LogP contribution in [0, 0.1) is 6.92 Å². The average molecular weight is 205 g/mol. The van der Waals surface area contributed by atoms with Crippen molar-refractivity contribution in [3.63, 3.8) is 0 Å². The Balaban J connectivity index is 2.05. The monoisotopic (exact) mass is 205 g/mol. The van der Waals surface area contributed by atoms with Crippen LogP contribution < -0.4 is 14.8 Å². The summed E-state index contributed by atoms with van der Waals surface area (Å²) >= 11 is 0. The van der Waals surface area contributed by atoms with Gasteiger partial charge in [-0.25, -0.2) is 0 Å². The fraction of sp³-hybridized carbons (Fsp3) is 0.500. The predicted octanol–water partition coefficient (Wildman–Crippen LogP) is 1.80. The van der Waals surface area contributed by atoms with Gasteiger partial charge in [0.2, 0.25) is 6.79 Å². The number of hydrogen-bond donors (Lipinski definition) is 1. The molecule has 0 saturated carbocycles. The minimum Gasteiger partial charge on any atom is -0.454 e. The molecule has 1 unspecified atom stereocenters. The lowest BCUT2D eigenvalue weighted by Gasteiger charge is -2.12. The maximum Gasteiger partial charge on any atom is 0.231 e. The molecule has 0 radical (unpaired) electrons. The van der Waals surface area contributed by atoms with Gasteiger partial charge in [-0.1, -0.05) is 6.07 Å². The topological polar surface area (TPSA) is 30.5 Å². The molecule has 1 fully saturated rings. The van der Waals surface area contributed by atoms with Crippen molar-refractivity contribution < 1.29 is 9.47 Å². The van der Waals surface area contributed by atoms with E-state index < -0.39 is 0 Å². The van der Waals surface area contributed by atoms with Crippen molar-refractivity contribution in [3.05, 3.63) is 23.3 Å². The number of fused-ring (bicyclic) bond motifs is 1. The number of ether oxygens (including phenoxy) is 2. The molecule has 0 aromatic heterocycles. The molecule has 2 aliphatic rings. The van der Waals surface area contributed by atoms with Crippen LogP contribution in [-0.2, 0) is 0 Å². The van der Waals surface area contributed by atoms with Gasteiger partial charge < -0.3 is 14.8 Å². The average Bonchev–Trinajstić information content (AvgIpc) is 2.86. The fourth-order valence-corrected chi connectivity index (χ4v) is 2.40. The molecule has 3 heteroatoms. The lowest BCUT2D eigenvalue weighted by atomic mass is 9.95. The van der Waals surface area contributed by atoms with E-state index in [4.69, 9.17) is 9.47 Å². The Morgan fingerprint density at radius 1 is 1.33 bits per heavy atom. The first kappa shape index (κ1) is 9.04. The summed E-state index contributed by atoms with van der Waals surface area (Å²) in [6.07, 6.45) is 1.19. The summed E-state index contributed by atoms with van der Waals surface area (Å²) in [6.45, 7) is 4.63. The summed E-state index contributed by atoms with van der Waals surface area (Å²) in [5, 5.41) is 3.39. The molecule has 1 aromatic carbocycles. The molecule has 80 valence electrons. The first-order valence-electron chi connectivity index (χ1n) is 5.45. The molecule has 0 amide bonds. The van der Waals surface area contributed by atoms with Gasteiger partial charge in [-0.3, -0.25) is 0 Å². The highest BCUT2D eigenvalue weighted by Gasteiger charge is 2.25. The highest BCUT2D eigenvalue weighted by molar-refractivity contribution is 5.52. The van der Waals surface area contributed by atoms with Gasteiger partial charge in [-0.15, -0.1) is 0 Å². The summed E-state index contributed by atoms with van der Waals surface area (Å²) < 4.78 is 11.0. The van der Waals surface area contributed by atoms with Crippen LogP contribution >= 0.6 is 0 Å². The molecule has 0 aliphatic carbocycles. The van der Waals surface area contributed by atoms with Crippen molar-refractivity contribution in [3.8, 4) is 11.5 Å². The van der Waals surface area contributed by atoms with E-state index in [0.29, 0.717) is 12.7 Å². The van der Waals surface area contributed by atoms with Crippen LogP contribution in [-0.4, -0.2) is 19.9 Å². The van der Waals surface area contributed by atoms with Crippen molar-refractivity contribution >= 4 is 0 Å². The molecule has 15 heavy (non-hydrogen) atoms. The van der Waals surface area contributed by atoms with Gasteiger partial charge in [0, 0.05) is 18.0 Å². The summed E-state index contributed by atoms with van der Waals surface area (Å²) in [5.41, 5.74) is 2.56. The van der Waals surface area contributed by atoms with Crippen LogP contribution in [0.15, 0.2) is 12.1 Å². The second-order valence-electron chi connectivity index (χ2n) is 4.28. The molecular weight excluding hydrogens is 190 g/mol. The zero-order valence-corrected chi connectivity index (χ0v) is 8.88. The van der Waals surface area contributed by atoms with E-state index >= 15 is 0 Å². The SMILES string of the molecule is Cc1cc2c(c(C3CCNC3)c1)OCO2. The lowest BCUT2D eigenvalue weighted by molar-refractivity contribution is 0.173. The van der Waals surface area contributed by atoms with Crippen molar-refractivity contribution in [2.75, 3.05) is 19.9 Å². The van der Waals surface area contributed by atoms with Crippen LogP contribution in [0.1, 0.15) is 23.5 Å². The van der Waals surface area contributed by atoms with E-state index in [1.165, 1.54) is 17.5 Å². The Morgan fingerprint density at radius 2 is 2.27 bits per heavy atom. The third-order valence-electron chi connectivity index (χ3n) is 3.15. The number of aryl methyl sites for hydroxylation is 1. The van der Waals surface area contributed by atoms with Crippen LogP contribution in [0.2, 0.25) is 0 Å². The van der Waals surface area contributed by atoms with E-state index in [1.54, 1.807) is 0 Å². The van der Waals surface area contributed by atoms with Gasteiger partial charge >= 0.3 is 0 Å². The molecule has 1 aromatic rings. The van der Waals surface area contributed by atoms with Crippen LogP contribution in [0.4, 0.5) is 0 Å². The van der Waals surface area contributed by atoms with E-state index in [2.05, 4.69) is 18.3 Å². The zero-order chi connectivity index (χ0) is 10.3. The lowest BCUT2D eigenvalue weighted by Crippen LogP contribution is -2.08. The zero-order valence-electron chi connectivity index (χ0n) is 8.88. The first-order chi connectivity index (χ1) is 7.34. The van der Waals surface area contributed by atoms with Gasteiger partial charge in [0.05, 0.1) is 0 Å². The second kappa shape index (κ2) is 3.42. The summed E-state index contributed by atoms with van der Waals surface area (Å²) in [7, 11) is 0. The van der Waals surface area contributed by atoms with E-state index in [-0.39, 0.29) is 0 Å². The summed E-state index contributed by atoms with van der Waals surface area (Å²) in [4.78, 5) is 0. The van der Waals surface area contributed by atoms with Gasteiger partial charge in [0.15, 0.2) is 11.5 Å². The molecule has 1 saturated heterocycles. The van der Waals surface area contributed by atoms with E-state index in [9.17, 15) is 0 Å². The molecule has 2 heterocycles. The predicted molar refractivity (Wildman–Crippen MR) is 57.5 cm³/mol. The Hall–Kier alpha value is -1.22. The Morgan fingerprint density at radius 3 is 3.07 bits per heavy atom. The van der Waals surface area contributed by atoms with Crippen LogP contribution in [0.25, 0.3) is 0 Å². The first-order valence-corrected chi connectivity index (χ1v) is 5.45. The molecule has 1 atom stereocenters. The second-order valence-corrected chi connectivity index (χ2v) is 4.28. The van der Waals surface area contributed by atoms with Gasteiger partial charge in [0.1, 0.15) is 0 Å². The number of hydrogen-bond acceptors (Lipinski definition) is 3. The minimum absolute atomic E-state index is 0.367. The third-order valence-corrected chi connectivity index (χ3v) is 3.15. The molecule has 0 spiro atoms. The fourth-order valence-electron chi connectivity index (χ4n) is 2.40. The smallest absolute Gasteiger partial charge is 0.231 e. The number of rotatable bonds is 1. The molecule has 0 bridgehead atoms. The number of nitrogens with one attached hydrogen (secondary N) is 1. The van der Waals surface area contributed by atoms with Crippen molar-refractivity contribution in [2.24, 2.45) is 0 Å². The maximum atomic E-state index is 5.55. The van der Waals surface area contributed by atoms with Crippen molar-refractivity contribution in [1.29, 1.82) is 0 Å². The summed E-state index contributed by atoms with van der Waals surface area (Å²) in [5.74, 6) is 2.46. The Kier molecular flexibility index (Phi) is 2.06. The van der Waals surface area contributed by atoms with Crippen molar-refractivity contribution in [2.45, 2.75) is 19.3 Å². The highest BCUT2D eigenvalue weighted by atomic mass is 16.7. The Labute approximate surface area is 89.4 Å². The standard InChI is InChI=1S/C12H15NO2/c1-8-4-10(9-2-3-13-6-9)12-11(5-8)14-7-15-12/h4-5,9,13H,2-3,6-7H2,1H3. The Bertz CT molecular complexity index is 383. The normalized spacial score (nSPS) is 23.4. The highest BCUT2D eigenvalue weighted by Crippen LogP contribution is 2.41. The molecular formula is C12H15NO2. The van der Waals surface area contributed by atoms with E-state index in [0.717, 1.165) is 24.6 Å². The minimum atomic E-state index is 0.367. The van der Waals surface area contributed by atoms with Gasteiger partial charge in [0.25, 0.3) is 0 Å². The van der Waals surface area contributed by atoms with Crippen LogP contribution in [0.3, 0.4) is 0 Å². The molecule has 1 N–H and O–H groups in total.